The van der Waals surface area contributed by atoms with Gasteiger partial charge in [-0.05, 0) is 5.56 Å². The van der Waals surface area contributed by atoms with Crippen molar-refractivity contribution in [3.63, 3.8) is 0 Å². The SMILES string of the molecule is COC(=O)[C@H](C[S@@](C)=O)NC(=O)OCc1ccccc1. The van der Waals surface area contributed by atoms with E-state index in [1.54, 1.807) is 0 Å². The minimum atomic E-state index is -1.25. The van der Waals surface area contributed by atoms with Crippen LogP contribution < -0.4 is 5.32 Å². The number of benzene rings is 1. The summed E-state index contributed by atoms with van der Waals surface area (Å²) >= 11 is 0. The molecule has 0 heterocycles. The molecule has 0 fully saturated rings. The van der Waals surface area contributed by atoms with Crippen molar-refractivity contribution < 1.29 is 23.3 Å². The molecule has 20 heavy (non-hydrogen) atoms. The van der Waals surface area contributed by atoms with E-state index >= 15 is 0 Å². The van der Waals surface area contributed by atoms with Crippen LogP contribution in [0.2, 0.25) is 0 Å². The molecule has 0 bridgehead atoms. The highest BCUT2D eigenvalue weighted by atomic mass is 32.2. The van der Waals surface area contributed by atoms with Crippen LogP contribution in [-0.4, -0.2) is 41.4 Å². The molecule has 1 aromatic rings. The quantitative estimate of drug-likeness (QED) is 0.787. The lowest BCUT2D eigenvalue weighted by Gasteiger charge is -2.15. The Hall–Kier alpha value is -1.89. The van der Waals surface area contributed by atoms with E-state index in [4.69, 9.17) is 4.74 Å². The molecule has 0 saturated carbocycles. The Morgan fingerprint density at radius 3 is 2.50 bits per heavy atom. The largest absolute Gasteiger partial charge is 0.467 e. The zero-order chi connectivity index (χ0) is 15.0. The number of nitrogens with one attached hydrogen (secondary N) is 1. The smallest absolute Gasteiger partial charge is 0.408 e. The molecule has 0 spiro atoms. The number of rotatable bonds is 6. The van der Waals surface area contributed by atoms with Crippen LogP contribution in [0.15, 0.2) is 30.3 Å². The fourth-order valence-corrected chi connectivity index (χ4v) is 2.14. The molecule has 1 aromatic carbocycles. The zero-order valence-corrected chi connectivity index (χ0v) is 12.1. The molecule has 6 nitrogen and oxygen atoms in total. The molecule has 0 aliphatic carbocycles. The van der Waals surface area contributed by atoms with E-state index < -0.39 is 28.9 Å². The van der Waals surface area contributed by atoms with Crippen molar-refractivity contribution in [3.8, 4) is 0 Å². The molecule has 2 atom stereocenters. The Balaban J connectivity index is 2.49. The lowest BCUT2D eigenvalue weighted by molar-refractivity contribution is -0.142. The number of esters is 1. The lowest BCUT2D eigenvalue weighted by atomic mass is 10.2. The predicted molar refractivity (Wildman–Crippen MR) is 74.5 cm³/mol. The van der Waals surface area contributed by atoms with E-state index in [1.807, 2.05) is 30.3 Å². The van der Waals surface area contributed by atoms with Crippen molar-refractivity contribution in [1.82, 2.24) is 5.32 Å². The third-order valence-electron chi connectivity index (χ3n) is 2.39. The van der Waals surface area contributed by atoms with Crippen molar-refractivity contribution in [3.05, 3.63) is 35.9 Å². The van der Waals surface area contributed by atoms with Crippen LogP contribution in [0.25, 0.3) is 0 Å². The maximum absolute atomic E-state index is 11.6. The Morgan fingerprint density at radius 1 is 1.30 bits per heavy atom. The summed E-state index contributed by atoms with van der Waals surface area (Å²) in [5.41, 5.74) is 0.830. The monoisotopic (exact) mass is 299 g/mol. The maximum atomic E-state index is 11.6. The fraction of sp³-hybridized carbons (Fsp3) is 0.385. The van der Waals surface area contributed by atoms with Crippen molar-refractivity contribution in [2.45, 2.75) is 12.6 Å². The predicted octanol–water partition coefficient (Wildman–Crippen LogP) is 0.833. The summed E-state index contributed by atoms with van der Waals surface area (Å²) in [5.74, 6) is -0.676. The Labute approximate surface area is 119 Å². The van der Waals surface area contributed by atoms with Gasteiger partial charge >= 0.3 is 12.1 Å². The average Bonchev–Trinajstić information content (AvgIpc) is 2.44. The third kappa shape index (κ3) is 5.83. The molecule has 1 rings (SSSR count). The molecule has 0 saturated heterocycles. The second kappa shape index (κ2) is 8.31. The molecule has 0 aliphatic heterocycles. The molecule has 0 aromatic heterocycles. The lowest BCUT2D eigenvalue weighted by Crippen LogP contribution is -2.45. The van der Waals surface area contributed by atoms with E-state index in [-0.39, 0.29) is 12.4 Å². The topological polar surface area (TPSA) is 81.7 Å². The highest BCUT2D eigenvalue weighted by Gasteiger charge is 2.23. The van der Waals surface area contributed by atoms with E-state index in [9.17, 15) is 13.8 Å². The summed E-state index contributed by atoms with van der Waals surface area (Å²) in [6.45, 7) is 0.0930. The number of hydrogen-bond donors (Lipinski definition) is 1. The van der Waals surface area contributed by atoms with E-state index in [0.717, 1.165) is 5.56 Å². The number of amides is 1. The highest BCUT2D eigenvalue weighted by Crippen LogP contribution is 2.01. The molecule has 1 N–H and O–H groups in total. The first-order chi connectivity index (χ1) is 9.52. The standard InChI is InChI=1S/C13H17NO5S/c1-18-12(15)11(9-20(2)17)14-13(16)19-8-10-6-4-3-5-7-10/h3-7,11H,8-9H2,1-2H3,(H,14,16)/t11-,20+/m0/s1. The first kappa shape index (κ1) is 16.2. The van der Waals surface area contributed by atoms with Gasteiger partial charge in [-0.2, -0.15) is 0 Å². The molecule has 7 heteroatoms. The second-order valence-corrected chi connectivity index (χ2v) is 5.50. The van der Waals surface area contributed by atoms with Crippen LogP contribution in [0.3, 0.4) is 0 Å². The second-order valence-electron chi connectivity index (χ2n) is 4.02. The first-order valence-corrected chi connectivity index (χ1v) is 7.60. The summed E-state index contributed by atoms with van der Waals surface area (Å²) < 4.78 is 20.7. The van der Waals surface area contributed by atoms with Crippen LogP contribution >= 0.6 is 0 Å². The van der Waals surface area contributed by atoms with Crippen molar-refractivity contribution in [1.29, 1.82) is 0 Å². The molecule has 0 radical (unpaired) electrons. The molecular formula is C13H17NO5S. The average molecular weight is 299 g/mol. The number of methoxy groups -OCH3 is 1. The van der Waals surface area contributed by atoms with Gasteiger partial charge in [0.1, 0.15) is 12.6 Å². The molecule has 0 aliphatic rings. The minimum absolute atomic E-state index is 0.0207. The van der Waals surface area contributed by atoms with Crippen LogP contribution in [0.5, 0.6) is 0 Å². The molecule has 110 valence electrons. The highest BCUT2D eigenvalue weighted by molar-refractivity contribution is 7.84. The van der Waals surface area contributed by atoms with Crippen molar-refractivity contribution in [2.75, 3.05) is 19.1 Å². The van der Waals surface area contributed by atoms with Crippen LogP contribution in [0.1, 0.15) is 5.56 Å². The number of carbonyl (C=O) groups is 2. The third-order valence-corrected chi connectivity index (χ3v) is 3.19. The van der Waals surface area contributed by atoms with Gasteiger partial charge in [-0.1, -0.05) is 30.3 Å². The maximum Gasteiger partial charge on any atom is 0.408 e. The molecule has 0 unspecified atom stereocenters. The van der Waals surface area contributed by atoms with E-state index in [1.165, 1.54) is 13.4 Å². The summed E-state index contributed by atoms with van der Waals surface area (Å²) in [6, 6.07) is 8.16. The van der Waals surface area contributed by atoms with Crippen LogP contribution in [0.4, 0.5) is 4.79 Å². The van der Waals surface area contributed by atoms with Crippen LogP contribution in [0, 0.1) is 0 Å². The first-order valence-electron chi connectivity index (χ1n) is 5.88. The summed E-state index contributed by atoms with van der Waals surface area (Å²) in [4.78, 5) is 23.0. The van der Waals surface area contributed by atoms with Crippen molar-refractivity contribution in [2.24, 2.45) is 0 Å². The number of carbonyl (C=O) groups excluding carboxylic acids is 2. The number of ether oxygens (including phenoxy) is 2. The summed E-state index contributed by atoms with van der Waals surface area (Å²) in [7, 11) is -0.0460. The zero-order valence-electron chi connectivity index (χ0n) is 11.3. The van der Waals surface area contributed by atoms with Gasteiger partial charge in [0.15, 0.2) is 0 Å². The minimum Gasteiger partial charge on any atom is -0.467 e. The van der Waals surface area contributed by atoms with Crippen molar-refractivity contribution >= 4 is 22.9 Å². The van der Waals surface area contributed by atoms with E-state index in [2.05, 4.69) is 10.1 Å². The van der Waals surface area contributed by atoms with Gasteiger partial charge in [-0.3, -0.25) is 4.21 Å². The normalized spacial score (nSPS) is 13.1. The van der Waals surface area contributed by atoms with Gasteiger partial charge in [-0.15, -0.1) is 0 Å². The van der Waals surface area contributed by atoms with Gasteiger partial charge in [0.05, 0.1) is 12.9 Å². The summed E-state index contributed by atoms with van der Waals surface area (Å²) in [5, 5.41) is 2.34. The van der Waals surface area contributed by atoms with Gasteiger partial charge < -0.3 is 14.8 Å². The molecule has 1 amide bonds. The van der Waals surface area contributed by atoms with Gasteiger partial charge in [0.25, 0.3) is 0 Å². The van der Waals surface area contributed by atoms with E-state index in [0.29, 0.717) is 0 Å². The summed E-state index contributed by atoms with van der Waals surface area (Å²) in [6.07, 6.45) is 0.683. The van der Waals surface area contributed by atoms with Gasteiger partial charge in [0, 0.05) is 17.1 Å². The number of alkyl carbamates (subject to hydrolysis) is 1. The van der Waals surface area contributed by atoms with Crippen LogP contribution in [-0.2, 0) is 31.7 Å². The Bertz CT molecular complexity index is 477. The Morgan fingerprint density at radius 2 is 1.95 bits per heavy atom. The van der Waals surface area contributed by atoms with Gasteiger partial charge in [0.2, 0.25) is 0 Å². The Kier molecular flexibility index (Phi) is 6.72. The van der Waals surface area contributed by atoms with Gasteiger partial charge in [-0.25, -0.2) is 9.59 Å². The fourth-order valence-electron chi connectivity index (χ4n) is 1.45. The number of hydrogen-bond acceptors (Lipinski definition) is 5. The molecular weight excluding hydrogens is 282 g/mol.